The molecule has 2 aromatic carbocycles. The van der Waals surface area contributed by atoms with E-state index in [1.165, 1.54) is 10.5 Å². The summed E-state index contributed by atoms with van der Waals surface area (Å²) in [4.78, 5) is 26.5. The molecule has 1 saturated heterocycles. The summed E-state index contributed by atoms with van der Waals surface area (Å²) >= 11 is 0. The number of hydrogen-bond donors (Lipinski definition) is 1. The summed E-state index contributed by atoms with van der Waals surface area (Å²) in [7, 11) is 0. The molecule has 0 radical (unpaired) electrons. The predicted molar refractivity (Wildman–Crippen MR) is 112 cm³/mol. The summed E-state index contributed by atoms with van der Waals surface area (Å²) in [6, 6.07) is 18.0. The number of benzene rings is 2. The number of carbonyl (C=O) groups excluding carboxylic acids is 2. The number of halogens is 1. The van der Waals surface area contributed by atoms with E-state index in [0.29, 0.717) is 5.92 Å². The van der Waals surface area contributed by atoms with Crippen molar-refractivity contribution in [3.8, 4) is 6.07 Å². The van der Waals surface area contributed by atoms with E-state index in [1.807, 2.05) is 54.6 Å². The molecule has 0 unspecified atom stereocenters. The standard InChI is InChI=1S/C24H26FN3O2/c1-16(2)17-8-10-19(11-9-17)23(18-6-4-3-5-7-18)27-24(30)21-14-20(25)15-28(21)22(29)12-13-26/h3-11,16,20-21,23H,12,14-15H2,1-2H3,(H,27,30)/t20-,21+,23+/m1/s1. The topological polar surface area (TPSA) is 73.2 Å². The van der Waals surface area contributed by atoms with Gasteiger partial charge in [0.25, 0.3) is 0 Å². The zero-order valence-corrected chi connectivity index (χ0v) is 17.2. The van der Waals surface area contributed by atoms with Crippen molar-refractivity contribution >= 4 is 11.8 Å². The van der Waals surface area contributed by atoms with Gasteiger partial charge in [0.15, 0.2) is 0 Å². The molecule has 156 valence electrons. The maximum atomic E-state index is 14.0. The van der Waals surface area contributed by atoms with Gasteiger partial charge in [-0.1, -0.05) is 68.4 Å². The summed E-state index contributed by atoms with van der Waals surface area (Å²) in [5.74, 6) is -0.540. The molecule has 0 aliphatic carbocycles. The van der Waals surface area contributed by atoms with Crippen LogP contribution in [0.1, 0.15) is 55.3 Å². The first kappa shape index (κ1) is 21.5. The molecule has 6 heteroatoms. The number of likely N-dealkylation sites (tertiary alicyclic amines) is 1. The van der Waals surface area contributed by atoms with Crippen molar-refractivity contribution in [2.45, 2.75) is 50.9 Å². The highest BCUT2D eigenvalue weighted by molar-refractivity contribution is 5.89. The van der Waals surface area contributed by atoms with Gasteiger partial charge in [0.05, 0.1) is 18.7 Å². The average Bonchev–Trinajstić information content (AvgIpc) is 3.15. The van der Waals surface area contributed by atoms with Gasteiger partial charge in [0.1, 0.15) is 18.6 Å². The number of carbonyl (C=O) groups is 2. The number of nitrogens with one attached hydrogen (secondary N) is 1. The number of rotatable bonds is 6. The quantitative estimate of drug-likeness (QED) is 0.790. The van der Waals surface area contributed by atoms with Gasteiger partial charge in [-0.2, -0.15) is 5.26 Å². The number of alkyl halides is 1. The Balaban J connectivity index is 1.87. The van der Waals surface area contributed by atoms with E-state index in [4.69, 9.17) is 5.26 Å². The molecule has 3 atom stereocenters. The van der Waals surface area contributed by atoms with Crippen molar-refractivity contribution in [3.05, 3.63) is 71.3 Å². The highest BCUT2D eigenvalue weighted by Gasteiger charge is 2.40. The van der Waals surface area contributed by atoms with E-state index in [2.05, 4.69) is 19.2 Å². The van der Waals surface area contributed by atoms with E-state index < -0.39 is 30.1 Å². The van der Waals surface area contributed by atoms with Crippen LogP contribution in [0.2, 0.25) is 0 Å². The molecule has 0 spiro atoms. The van der Waals surface area contributed by atoms with Crippen LogP contribution in [0.25, 0.3) is 0 Å². The lowest BCUT2D eigenvalue weighted by Crippen LogP contribution is -2.47. The van der Waals surface area contributed by atoms with Gasteiger partial charge in [-0.25, -0.2) is 4.39 Å². The van der Waals surface area contributed by atoms with Crippen LogP contribution in [-0.4, -0.2) is 35.5 Å². The second-order valence-corrected chi connectivity index (χ2v) is 7.90. The molecule has 0 aromatic heterocycles. The lowest BCUT2D eigenvalue weighted by atomic mass is 9.95. The lowest BCUT2D eigenvalue weighted by Gasteiger charge is -2.26. The first-order chi connectivity index (χ1) is 14.4. The highest BCUT2D eigenvalue weighted by atomic mass is 19.1. The third kappa shape index (κ3) is 4.85. The first-order valence-corrected chi connectivity index (χ1v) is 10.2. The maximum absolute atomic E-state index is 14.0. The molecule has 1 fully saturated rings. The van der Waals surface area contributed by atoms with Crippen molar-refractivity contribution in [1.29, 1.82) is 5.26 Å². The van der Waals surface area contributed by atoms with Gasteiger partial charge < -0.3 is 10.2 Å². The molecule has 30 heavy (non-hydrogen) atoms. The maximum Gasteiger partial charge on any atom is 0.243 e. The summed E-state index contributed by atoms with van der Waals surface area (Å²) in [5, 5.41) is 11.8. The van der Waals surface area contributed by atoms with Gasteiger partial charge in [0, 0.05) is 6.42 Å². The molecule has 1 aliphatic heterocycles. The number of nitrogens with zero attached hydrogens (tertiary/aromatic N) is 2. The van der Waals surface area contributed by atoms with Crippen molar-refractivity contribution in [1.82, 2.24) is 10.2 Å². The third-order valence-electron chi connectivity index (χ3n) is 5.46. The van der Waals surface area contributed by atoms with Crippen LogP contribution in [0.4, 0.5) is 4.39 Å². The lowest BCUT2D eigenvalue weighted by molar-refractivity contribution is -0.138. The Bertz CT molecular complexity index is 922. The van der Waals surface area contributed by atoms with Gasteiger partial charge in [-0.15, -0.1) is 0 Å². The Kier molecular flexibility index (Phi) is 6.83. The van der Waals surface area contributed by atoms with E-state index >= 15 is 0 Å². The van der Waals surface area contributed by atoms with Crippen LogP contribution < -0.4 is 5.32 Å². The minimum atomic E-state index is -1.27. The van der Waals surface area contributed by atoms with Crippen LogP contribution in [0.15, 0.2) is 54.6 Å². The summed E-state index contributed by atoms with van der Waals surface area (Å²) < 4.78 is 14.0. The minimum Gasteiger partial charge on any atom is -0.343 e. The van der Waals surface area contributed by atoms with E-state index in [9.17, 15) is 14.0 Å². The van der Waals surface area contributed by atoms with Crippen molar-refractivity contribution in [2.75, 3.05) is 6.54 Å². The normalized spacial score (nSPS) is 19.4. The van der Waals surface area contributed by atoms with E-state index in [0.717, 1.165) is 11.1 Å². The van der Waals surface area contributed by atoms with Crippen LogP contribution in [-0.2, 0) is 9.59 Å². The highest BCUT2D eigenvalue weighted by Crippen LogP contribution is 2.27. The minimum absolute atomic E-state index is 0.0587. The van der Waals surface area contributed by atoms with Crippen LogP contribution in [0, 0.1) is 11.3 Å². The Morgan fingerprint density at radius 1 is 1.10 bits per heavy atom. The monoisotopic (exact) mass is 407 g/mol. The number of nitriles is 1. The van der Waals surface area contributed by atoms with Crippen LogP contribution in [0.3, 0.4) is 0 Å². The average molecular weight is 407 g/mol. The smallest absolute Gasteiger partial charge is 0.243 e. The third-order valence-corrected chi connectivity index (χ3v) is 5.46. The van der Waals surface area contributed by atoms with Crippen molar-refractivity contribution in [3.63, 3.8) is 0 Å². The molecule has 5 nitrogen and oxygen atoms in total. The molecule has 0 saturated carbocycles. The fourth-order valence-corrected chi connectivity index (χ4v) is 3.79. The summed E-state index contributed by atoms with van der Waals surface area (Å²) in [6.45, 7) is 4.08. The molecule has 3 rings (SSSR count). The molecule has 0 bridgehead atoms. The van der Waals surface area contributed by atoms with Crippen LogP contribution in [0.5, 0.6) is 0 Å². The van der Waals surface area contributed by atoms with Gasteiger partial charge >= 0.3 is 0 Å². The molecular formula is C24H26FN3O2. The Hall–Kier alpha value is -3.20. The van der Waals surface area contributed by atoms with Crippen LogP contribution >= 0.6 is 0 Å². The Morgan fingerprint density at radius 2 is 1.70 bits per heavy atom. The summed E-state index contributed by atoms with van der Waals surface area (Å²) in [6.07, 6.45) is -1.70. The Labute approximate surface area is 176 Å². The molecule has 2 amide bonds. The largest absolute Gasteiger partial charge is 0.343 e. The Morgan fingerprint density at radius 3 is 2.30 bits per heavy atom. The first-order valence-electron chi connectivity index (χ1n) is 10.2. The van der Waals surface area contributed by atoms with Crippen molar-refractivity contribution < 1.29 is 14.0 Å². The number of amides is 2. The van der Waals surface area contributed by atoms with Gasteiger partial charge in [-0.3, -0.25) is 9.59 Å². The van der Waals surface area contributed by atoms with Gasteiger partial charge in [0.2, 0.25) is 11.8 Å². The van der Waals surface area contributed by atoms with Gasteiger partial charge in [-0.05, 0) is 22.6 Å². The zero-order chi connectivity index (χ0) is 21.7. The fourth-order valence-electron chi connectivity index (χ4n) is 3.79. The molecule has 2 aromatic rings. The molecule has 1 heterocycles. The second-order valence-electron chi connectivity index (χ2n) is 7.90. The van der Waals surface area contributed by atoms with E-state index in [1.54, 1.807) is 6.07 Å². The fraction of sp³-hybridized carbons (Fsp3) is 0.375. The van der Waals surface area contributed by atoms with E-state index in [-0.39, 0.29) is 19.4 Å². The SMILES string of the molecule is CC(C)c1ccc([C@@H](NC(=O)[C@@H]2C[C@@H](F)CN2C(=O)CC#N)c2ccccc2)cc1. The zero-order valence-electron chi connectivity index (χ0n) is 17.2. The molecule has 1 aliphatic rings. The second kappa shape index (κ2) is 9.53. The molecular weight excluding hydrogens is 381 g/mol. The predicted octanol–water partition coefficient (Wildman–Crippen LogP) is 3.87. The molecule has 1 N–H and O–H groups in total. The summed E-state index contributed by atoms with van der Waals surface area (Å²) in [5.41, 5.74) is 3.00. The number of hydrogen-bond acceptors (Lipinski definition) is 3. The van der Waals surface area contributed by atoms with Crippen molar-refractivity contribution in [2.24, 2.45) is 0 Å².